The summed E-state index contributed by atoms with van der Waals surface area (Å²) in [7, 11) is -0.598. The Balaban J connectivity index is 2.16. The molecule has 0 saturated heterocycles. The van der Waals surface area contributed by atoms with Crippen molar-refractivity contribution in [3.05, 3.63) is 0 Å². The van der Waals surface area contributed by atoms with Gasteiger partial charge in [0.15, 0.2) is 0 Å². The van der Waals surface area contributed by atoms with Crippen molar-refractivity contribution in [2.24, 2.45) is 5.73 Å². The normalized spacial score (nSPS) is 30.6. The van der Waals surface area contributed by atoms with Crippen LogP contribution < -0.4 is 5.73 Å². The standard InChI is InChI=1S/C10H21NOS/c1-2-3-4-7-13(12)10-6-5-9(11)8-10/h9-10H,2-8,11H2,1H3. The SMILES string of the molecule is CCCCCS(=O)C1CCC(N)C1. The maximum atomic E-state index is 11.7. The Morgan fingerprint density at radius 1 is 1.38 bits per heavy atom. The number of unbranched alkanes of at least 4 members (excludes halogenated alkanes) is 2. The van der Waals surface area contributed by atoms with E-state index in [0.717, 1.165) is 31.4 Å². The monoisotopic (exact) mass is 203 g/mol. The highest BCUT2D eigenvalue weighted by Gasteiger charge is 2.25. The zero-order chi connectivity index (χ0) is 9.68. The Morgan fingerprint density at radius 2 is 2.15 bits per heavy atom. The summed E-state index contributed by atoms with van der Waals surface area (Å²) in [5.74, 6) is 0.894. The van der Waals surface area contributed by atoms with Crippen molar-refractivity contribution >= 4 is 10.8 Å². The first kappa shape index (κ1) is 11.2. The highest BCUT2D eigenvalue weighted by molar-refractivity contribution is 7.85. The van der Waals surface area contributed by atoms with E-state index in [1.165, 1.54) is 12.8 Å². The van der Waals surface area contributed by atoms with Crippen LogP contribution in [0.5, 0.6) is 0 Å². The van der Waals surface area contributed by atoms with Crippen molar-refractivity contribution in [2.45, 2.75) is 56.7 Å². The Labute approximate surface area is 83.7 Å². The third-order valence-corrected chi connectivity index (χ3v) is 4.61. The van der Waals surface area contributed by atoms with Crippen molar-refractivity contribution < 1.29 is 4.21 Å². The van der Waals surface area contributed by atoms with Crippen molar-refractivity contribution in [3.8, 4) is 0 Å². The van der Waals surface area contributed by atoms with Crippen LogP contribution in [0.1, 0.15) is 45.4 Å². The van der Waals surface area contributed by atoms with Crippen LogP contribution >= 0.6 is 0 Å². The lowest BCUT2D eigenvalue weighted by Crippen LogP contribution is -2.19. The Bertz CT molecular complexity index is 172. The van der Waals surface area contributed by atoms with E-state index in [4.69, 9.17) is 5.73 Å². The molecule has 2 N–H and O–H groups in total. The quantitative estimate of drug-likeness (QED) is 0.692. The zero-order valence-corrected chi connectivity index (χ0v) is 9.31. The largest absolute Gasteiger partial charge is 0.328 e. The summed E-state index contributed by atoms with van der Waals surface area (Å²) >= 11 is 0. The van der Waals surface area contributed by atoms with Crippen LogP contribution in [0, 0.1) is 0 Å². The van der Waals surface area contributed by atoms with Crippen molar-refractivity contribution in [1.82, 2.24) is 0 Å². The Morgan fingerprint density at radius 3 is 2.69 bits per heavy atom. The van der Waals surface area contributed by atoms with Crippen molar-refractivity contribution in [2.75, 3.05) is 5.75 Å². The lowest BCUT2D eigenvalue weighted by atomic mass is 10.3. The molecule has 3 heteroatoms. The van der Waals surface area contributed by atoms with Gasteiger partial charge in [-0.15, -0.1) is 0 Å². The molecule has 0 spiro atoms. The molecule has 78 valence electrons. The second-order valence-corrected chi connectivity index (χ2v) is 5.82. The average molecular weight is 203 g/mol. The molecular weight excluding hydrogens is 182 g/mol. The van der Waals surface area contributed by atoms with E-state index in [9.17, 15) is 4.21 Å². The van der Waals surface area contributed by atoms with Crippen LogP contribution in [-0.2, 0) is 10.8 Å². The average Bonchev–Trinajstić information content (AvgIpc) is 2.52. The third kappa shape index (κ3) is 3.77. The van der Waals surface area contributed by atoms with Crippen LogP contribution in [0.4, 0.5) is 0 Å². The molecule has 1 rings (SSSR count). The maximum Gasteiger partial charge on any atom is 0.0363 e. The minimum Gasteiger partial charge on any atom is -0.328 e. The van der Waals surface area contributed by atoms with Crippen LogP contribution in [-0.4, -0.2) is 21.3 Å². The van der Waals surface area contributed by atoms with Crippen molar-refractivity contribution in [3.63, 3.8) is 0 Å². The van der Waals surface area contributed by atoms with Gasteiger partial charge >= 0.3 is 0 Å². The summed E-state index contributed by atoms with van der Waals surface area (Å²) < 4.78 is 11.7. The van der Waals surface area contributed by atoms with Gasteiger partial charge in [-0.2, -0.15) is 0 Å². The topological polar surface area (TPSA) is 43.1 Å². The van der Waals surface area contributed by atoms with E-state index in [1.807, 2.05) is 0 Å². The van der Waals surface area contributed by atoms with Crippen LogP contribution in [0.2, 0.25) is 0 Å². The predicted octanol–water partition coefficient (Wildman–Crippen LogP) is 1.81. The fraction of sp³-hybridized carbons (Fsp3) is 1.00. The van der Waals surface area contributed by atoms with Gasteiger partial charge in [-0.1, -0.05) is 19.8 Å². The summed E-state index contributed by atoms with van der Waals surface area (Å²) in [4.78, 5) is 0. The molecule has 0 amide bonds. The fourth-order valence-corrected chi connectivity index (χ4v) is 3.56. The molecule has 0 aromatic rings. The van der Waals surface area contributed by atoms with Crippen LogP contribution in [0.15, 0.2) is 0 Å². The summed E-state index contributed by atoms with van der Waals surface area (Å²) in [6.07, 6.45) is 6.68. The van der Waals surface area contributed by atoms with E-state index < -0.39 is 10.8 Å². The molecule has 3 atom stereocenters. The molecule has 13 heavy (non-hydrogen) atoms. The van der Waals surface area contributed by atoms with Gasteiger partial charge in [-0.3, -0.25) is 4.21 Å². The third-order valence-electron chi connectivity index (χ3n) is 2.75. The molecule has 3 unspecified atom stereocenters. The van der Waals surface area contributed by atoms with E-state index >= 15 is 0 Å². The first-order valence-corrected chi connectivity index (χ1v) is 6.75. The summed E-state index contributed by atoms with van der Waals surface area (Å²) in [5.41, 5.74) is 5.78. The van der Waals surface area contributed by atoms with Gasteiger partial charge in [-0.05, 0) is 25.7 Å². The zero-order valence-electron chi connectivity index (χ0n) is 8.50. The van der Waals surface area contributed by atoms with E-state index in [2.05, 4.69) is 6.92 Å². The van der Waals surface area contributed by atoms with Gasteiger partial charge in [-0.25, -0.2) is 0 Å². The molecule has 1 fully saturated rings. The van der Waals surface area contributed by atoms with Gasteiger partial charge in [0.25, 0.3) is 0 Å². The smallest absolute Gasteiger partial charge is 0.0363 e. The van der Waals surface area contributed by atoms with E-state index in [-0.39, 0.29) is 0 Å². The highest BCUT2D eigenvalue weighted by Crippen LogP contribution is 2.22. The molecule has 2 nitrogen and oxygen atoms in total. The van der Waals surface area contributed by atoms with Crippen LogP contribution in [0.25, 0.3) is 0 Å². The molecule has 0 radical (unpaired) electrons. The van der Waals surface area contributed by atoms with Gasteiger partial charge in [0.05, 0.1) is 0 Å². The molecule has 0 aromatic carbocycles. The second-order valence-electron chi connectivity index (χ2n) is 3.99. The van der Waals surface area contributed by atoms with Crippen molar-refractivity contribution in [1.29, 1.82) is 0 Å². The number of nitrogens with two attached hydrogens (primary N) is 1. The molecule has 1 aliphatic carbocycles. The molecule has 0 heterocycles. The van der Waals surface area contributed by atoms with E-state index in [1.54, 1.807) is 0 Å². The molecule has 0 aliphatic heterocycles. The lowest BCUT2D eigenvalue weighted by Gasteiger charge is -2.08. The van der Waals surface area contributed by atoms with E-state index in [0.29, 0.717) is 11.3 Å². The molecule has 1 saturated carbocycles. The first-order chi connectivity index (χ1) is 6.24. The molecule has 0 bridgehead atoms. The van der Waals surface area contributed by atoms with Crippen LogP contribution in [0.3, 0.4) is 0 Å². The molecule has 0 aromatic heterocycles. The summed E-state index contributed by atoms with van der Waals surface area (Å²) in [5, 5.41) is 0.409. The van der Waals surface area contributed by atoms with Gasteiger partial charge in [0.1, 0.15) is 0 Å². The Kier molecular flexibility index (Phi) is 4.96. The number of hydrogen-bond donors (Lipinski definition) is 1. The van der Waals surface area contributed by atoms with Gasteiger partial charge < -0.3 is 5.73 Å². The predicted molar refractivity (Wildman–Crippen MR) is 58.1 cm³/mol. The first-order valence-electron chi connectivity index (χ1n) is 5.36. The number of rotatable bonds is 5. The maximum absolute atomic E-state index is 11.7. The molecular formula is C10H21NOS. The Hall–Kier alpha value is 0.110. The minimum atomic E-state index is -0.598. The highest BCUT2D eigenvalue weighted by atomic mass is 32.2. The number of hydrogen-bond acceptors (Lipinski definition) is 2. The van der Waals surface area contributed by atoms with Gasteiger partial charge in [0.2, 0.25) is 0 Å². The fourth-order valence-electron chi connectivity index (χ4n) is 1.87. The van der Waals surface area contributed by atoms with Gasteiger partial charge in [0, 0.05) is 27.8 Å². The summed E-state index contributed by atoms with van der Waals surface area (Å²) in [6, 6.07) is 0.320. The molecule has 1 aliphatic rings. The minimum absolute atomic E-state index is 0.320. The second kappa shape index (κ2) is 5.76. The summed E-state index contributed by atoms with van der Waals surface area (Å²) in [6.45, 7) is 2.18. The lowest BCUT2D eigenvalue weighted by molar-refractivity contribution is 0.658.